The van der Waals surface area contributed by atoms with Crippen molar-refractivity contribution in [1.29, 1.82) is 0 Å². The minimum atomic E-state index is -0.957. The molecule has 10 heteroatoms. The summed E-state index contributed by atoms with van der Waals surface area (Å²) in [6.07, 6.45) is 6.67. The van der Waals surface area contributed by atoms with Crippen LogP contribution in [0.4, 0.5) is 0 Å². The number of ether oxygens (including phenoxy) is 1. The summed E-state index contributed by atoms with van der Waals surface area (Å²) in [4.78, 5) is 4.47. The molecule has 1 atom stereocenters. The van der Waals surface area contributed by atoms with Gasteiger partial charge in [0, 0.05) is 29.3 Å². The minimum absolute atomic E-state index is 0.197. The monoisotopic (exact) mass is 452 g/mol. The fourth-order valence-corrected chi connectivity index (χ4v) is 4.08. The van der Waals surface area contributed by atoms with E-state index < -0.39 is 11.7 Å². The molecule has 1 fully saturated rings. The Balaban J connectivity index is 1.34. The largest absolute Gasteiger partial charge is 0.491 e. The Kier molecular flexibility index (Phi) is 5.28. The number of benzene rings is 1. The summed E-state index contributed by atoms with van der Waals surface area (Å²) in [6, 6.07) is 7.29. The summed E-state index contributed by atoms with van der Waals surface area (Å²) >= 11 is 1.29. The third kappa shape index (κ3) is 4.29. The van der Waals surface area contributed by atoms with Crippen molar-refractivity contribution in [2.24, 2.45) is 0 Å². The van der Waals surface area contributed by atoms with Crippen LogP contribution in [0.25, 0.3) is 11.5 Å². The van der Waals surface area contributed by atoms with Crippen molar-refractivity contribution < 1.29 is 14.9 Å². The first kappa shape index (κ1) is 20.8. The zero-order valence-corrected chi connectivity index (χ0v) is 18.6. The molecule has 0 radical (unpaired) electrons. The number of aliphatic hydroxyl groups excluding tert-OH is 1. The van der Waals surface area contributed by atoms with Crippen molar-refractivity contribution in [2.45, 2.75) is 44.3 Å². The van der Waals surface area contributed by atoms with Gasteiger partial charge in [-0.25, -0.2) is 9.67 Å². The van der Waals surface area contributed by atoms with E-state index in [-0.39, 0.29) is 6.61 Å². The molecule has 0 unspecified atom stereocenters. The van der Waals surface area contributed by atoms with E-state index in [0.29, 0.717) is 28.7 Å². The van der Waals surface area contributed by atoms with Crippen LogP contribution in [-0.4, -0.2) is 51.3 Å². The first-order valence-electron chi connectivity index (χ1n) is 10.4. The molecule has 1 aliphatic carbocycles. The number of hydrogen-bond donors (Lipinski definition) is 2. The number of aliphatic hydroxyl groups is 2. The molecule has 0 aliphatic heterocycles. The highest BCUT2D eigenvalue weighted by Crippen LogP contribution is 2.40. The first-order valence-corrected chi connectivity index (χ1v) is 11.3. The number of nitrogens with zero attached hydrogens (tertiary/aromatic N) is 6. The predicted molar refractivity (Wildman–Crippen MR) is 118 cm³/mol. The zero-order chi connectivity index (χ0) is 22.3. The Labute approximate surface area is 189 Å². The van der Waals surface area contributed by atoms with Crippen molar-refractivity contribution >= 4 is 11.5 Å². The highest BCUT2D eigenvalue weighted by Gasteiger charge is 2.30. The normalized spacial score (nSPS) is 15.1. The van der Waals surface area contributed by atoms with E-state index in [1.807, 2.05) is 28.3 Å². The van der Waals surface area contributed by atoms with Gasteiger partial charge in [-0.05, 0) is 62.5 Å². The van der Waals surface area contributed by atoms with E-state index >= 15 is 0 Å². The summed E-state index contributed by atoms with van der Waals surface area (Å²) < 4.78 is 13.7. The van der Waals surface area contributed by atoms with Crippen molar-refractivity contribution in [2.75, 3.05) is 6.61 Å². The molecule has 9 nitrogen and oxygen atoms in total. The van der Waals surface area contributed by atoms with Gasteiger partial charge in [-0.1, -0.05) is 5.21 Å². The topological polar surface area (TPSA) is 111 Å². The Morgan fingerprint density at radius 2 is 2.03 bits per heavy atom. The number of hydrogen-bond acceptors (Lipinski definition) is 8. The van der Waals surface area contributed by atoms with Gasteiger partial charge in [-0.3, -0.25) is 4.57 Å². The summed E-state index contributed by atoms with van der Waals surface area (Å²) in [6.45, 7) is 3.58. The van der Waals surface area contributed by atoms with Crippen molar-refractivity contribution in [3.05, 3.63) is 65.3 Å². The lowest BCUT2D eigenvalue weighted by atomic mass is 10.1. The number of aromatic nitrogens is 6. The molecule has 0 amide bonds. The summed E-state index contributed by atoms with van der Waals surface area (Å²) in [5.74, 6) is 2.79. The maximum atomic E-state index is 11.0. The number of imidazole rings is 1. The Hall–Kier alpha value is -3.08. The van der Waals surface area contributed by atoms with Crippen LogP contribution in [0.1, 0.15) is 55.8 Å². The molecule has 1 aromatic carbocycles. The van der Waals surface area contributed by atoms with Gasteiger partial charge >= 0.3 is 0 Å². The molecule has 1 saturated carbocycles. The smallest absolute Gasteiger partial charge is 0.157 e. The van der Waals surface area contributed by atoms with Crippen LogP contribution in [0.3, 0.4) is 0 Å². The highest BCUT2D eigenvalue weighted by atomic mass is 32.1. The summed E-state index contributed by atoms with van der Waals surface area (Å²) in [7, 11) is 0. The molecule has 32 heavy (non-hydrogen) atoms. The molecule has 2 N–H and O–H groups in total. The maximum Gasteiger partial charge on any atom is 0.157 e. The quantitative estimate of drug-likeness (QED) is 0.423. The molecule has 4 aromatic rings. The van der Waals surface area contributed by atoms with Gasteiger partial charge in [0.05, 0.1) is 17.5 Å². The standard InChI is InChI=1S/C22H24N6O3S/c1-22(2,30)13-31-16-7-5-15(6-8-16)28-11-18(24-26-28)19(29)17-12-32-25-21(17)27-10-9-23-20(27)14-3-4-14/h5-12,14,19,29-30H,3-4,13H2,1-2H3/t19-/m1/s1. The van der Waals surface area contributed by atoms with Crippen molar-refractivity contribution in [3.8, 4) is 17.3 Å². The maximum absolute atomic E-state index is 11.0. The Morgan fingerprint density at radius 1 is 1.25 bits per heavy atom. The van der Waals surface area contributed by atoms with Gasteiger partial charge in [-0.15, -0.1) is 5.10 Å². The summed E-state index contributed by atoms with van der Waals surface area (Å²) in [5, 5.41) is 31.0. The predicted octanol–water partition coefficient (Wildman–Crippen LogP) is 3.02. The van der Waals surface area contributed by atoms with Gasteiger partial charge in [0.15, 0.2) is 5.82 Å². The van der Waals surface area contributed by atoms with E-state index in [9.17, 15) is 10.2 Å². The molecule has 3 aromatic heterocycles. The highest BCUT2D eigenvalue weighted by molar-refractivity contribution is 7.03. The second-order valence-electron chi connectivity index (χ2n) is 8.61. The van der Waals surface area contributed by atoms with E-state index in [1.165, 1.54) is 11.5 Å². The van der Waals surface area contributed by atoms with Crippen LogP contribution < -0.4 is 4.74 Å². The molecular weight excluding hydrogens is 428 g/mol. The lowest BCUT2D eigenvalue weighted by molar-refractivity contribution is 0.0285. The average molecular weight is 453 g/mol. The molecule has 0 bridgehead atoms. The van der Waals surface area contributed by atoms with Crippen LogP contribution in [0.15, 0.2) is 48.2 Å². The van der Waals surface area contributed by atoms with Gasteiger partial charge < -0.3 is 14.9 Å². The lowest BCUT2D eigenvalue weighted by Crippen LogP contribution is -2.27. The molecule has 166 valence electrons. The van der Waals surface area contributed by atoms with Gasteiger partial charge in [0.1, 0.15) is 30.0 Å². The summed E-state index contributed by atoms with van der Waals surface area (Å²) in [5.41, 5.74) is 0.987. The van der Waals surface area contributed by atoms with Crippen LogP contribution in [0.2, 0.25) is 0 Å². The second kappa shape index (κ2) is 8.12. The minimum Gasteiger partial charge on any atom is -0.491 e. The van der Waals surface area contributed by atoms with E-state index in [2.05, 4.69) is 19.7 Å². The van der Waals surface area contributed by atoms with E-state index in [0.717, 1.165) is 24.4 Å². The third-order valence-electron chi connectivity index (χ3n) is 5.20. The first-order chi connectivity index (χ1) is 15.4. The van der Waals surface area contributed by atoms with Gasteiger partial charge in [0.25, 0.3) is 0 Å². The third-order valence-corrected chi connectivity index (χ3v) is 5.83. The van der Waals surface area contributed by atoms with Crippen LogP contribution in [0, 0.1) is 0 Å². The van der Waals surface area contributed by atoms with Gasteiger partial charge in [-0.2, -0.15) is 4.37 Å². The molecule has 3 heterocycles. The molecule has 0 saturated heterocycles. The fourth-order valence-electron chi connectivity index (χ4n) is 3.39. The lowest BCUT2D eigenvalue weighted by Gasteiger charge is -2.17. The van der Waals surface area contributed by atoms with Crippen LogP contribution in [-0.2, 0) is 0 Å². The Bertz CT molecular complexity index is 1200. The van der Waals surface area contributed by atoms with Crippen LogP contribution >= 0.6 is 11.5 Å². The molecule has 1 aliphatic rings. The van der Waals surface area contributed by atoms with Crippen LogP contribution in [0.5, 0.6) is 5.75 Å². The Morgan fingerprint density at radius 3 is 2.75 bits per heavy atom. The number of rotatable bonds is 8. The average Bonchev–Trinajstić information content (AvgIpc) is 3.18. The van der Waals surface area contributed by atoms with Crippen molar-refractivity contribution in [1.82, 2.24) is 28.9 Å². The zero-order valence-electron chi connectivity index (χ0n) is 17.8. The van der Waals surface area contributed by atoms with E-state index in [1.54, 1.807) is 43.1 Å². The molecule has 5 rings (SSSR count). The second-order valence-corrected chi connectivity index (χ2v) is 9.24. The van der Waals surface area contributed by atoms with Crippen molar-refractivity contribution in [3.63, 3.8) is 0 Å². The molecule has 0 spiro atoms. The molecular formula is C22H24N6O3S. The fraction of sp³-hybridized carbons (Fsp3) is 0.364. The SMILES string of the molecule is CC(C)(O)COc1ccc(-n2cc([C@H](O)c3csnc3-n3ccnc3C3CC3)nn2)cc1. The van der Waals surface area contributed by atoms with Gasteiger partial charge in [0.2, 0.25) is 0 Å². The van der Waals surface area contributed by atoms with E-state index in [4.69, 9.17) is 4.74 Å².